The van der Waals surface area contributed by atoms with Crippen LogP contribution in [0.5, 0.6) is 0 Å². The molecule has 0 spiro atoms. The largest absolute Gasteiger partial charge is 0.376 e. The third-order valence-corrected chi connectivity index (χ3v) is 2.72. The molecule has 16 heavy (non-hydrogen) atoms. The minimum Gasteiger partial charge on any atom is -0.376 e. The highest BCUT2D eigenvalue weighted by Crippen LogP contribution is 2.27. The smallest absolute Gasteiger partial charge is 0.292 e. The average Bonchev–Trinajstić information content (AvgIpc) is 2.70. The van der Waals surface area contributed by atoms with Crippen molar-refractivity contribution in [3.63, 3.8) is 0 Å². The first-order valence-corrected chi connectivity index (χ1v) is 5.33. The molecule has 0 fully saturated rings. The summed E-state index contributed by atoms with van der Waals surface area (Å²) in [5.41, 5.74) is 1.80. The lowest BCUT2D eigenvalue weighted by atomic mass is 10.1. The monoisotopic (exact) mass is 218 g/mol. The Bertz CT molecular complexity index is 433. The Labute approximate surface area is 94.1 Å². The maximum atomic E-state index is 10.9. The van der Waals surface area contributed by atoms with Crippen molar-refractivity contribution in [1.82, 2.24) is 0 Å². The first kappa shape index (κ1) is 10.7. The minimum atomic E-state index is -0.343. The number of hydrogen-bond donors (Lipinski definition) is 1. The highest BCUT2D eigenvalue weighted by atomic mass is 16.6. The SMILES string of the molecule is Cc1ccc([N+](=O)[O-])c(NC2CC=CC2)c1. The van der Waals surface area contributed by atoms with Crippen molar-refractivity contribution < 1.29 is 4.92 Å². The molecule has 1 aromatic rings. The molecule has 0 unspecified atom stereocenters. The summed E-state index contributed by atoms with van der Waals surface area (Å²) in [4.78, 5) is 10.5. The molecule has 84 valence electrons. The summed E-state index contributed by atoms with van der Waals surface area (Å²) in [6.07, 6.45) is 6.06. The second-order valence-corrected chi connectivity index (χ2v) is 4.06. The lowest BCUT2D eigenvalue weighted by Crippen LogP contribution is -2.16. The van der Waals surface area contributed by atoms with E-state index in [0.29, 0.717) is 11.7 Å². The molecule has 4 heteroatoms. The minimum absolute atomic E-state index is 0.150. The summed E-state index contributed by atoms with van der Waals surface area (Å²) >= 11 is 0. The van der Waals surface area contributed by atoms with Gasteiger partial charge in [0.25, 0.3) is 5.69 Å². The van der Waals surface area contributed by atoms with Gasteiger partial charge in [-0.05, 0) is 31.4 Å². The van der Waals surface area contributed by atoms with E-state index < -0.39 is 0 Å². The second kappa shape index (κ2) is 4.35. The molecule has 0 atom stereocenters. The Morgan fingerprint density at radius 1 is 1.38 bits per heavy atom. The Morgan fingerprint density at radius 2 is 2.06 bits per heavy atom. The van der Waals surface area contributed by atoms with Crippen molar-refractivity contribution in [2.45, 2.75) is 25.8 Å². The Morgan fingerprint density at radius 3 is 2.69 bits per heavy atom. The fourth-order valence-electron chi connectivity index (χ4n) is 1.88. The zero-order valence-corrected chi connectivity index (χ0v) is 9.14. The molecular weight excluding hydrogens is 204 g/mol. The van der Waals surface area contributed by atoms with Crippen molar-refractivity contribution in [3.8, 4) is 0 Å². The fraction of sp³-hybridized carbons (Fsp3) is 0.333. The van der Waals surface area contributed by atoms with Crippen molar-refractivity contribution >= 4 is 11.4 Å². The molecule has 0 aromatic heterocycles. The third kappa shape index (κ3) is 2.21. The van der Waals surface area contributed by atoms with E-state index in [9.17, 15) is 10.1 Å². The van der Waals surface area contributed by atoms with E-state index in [-0.39, 0.29) is 10.6 Å². The molecule has 1 aliphatic carbocycles. The summed E-state index contributed by atoms with van der Waals surface area (Å²) in [6, 6.07) is 5.44. The number of rotatable bonds is 3. The zero-order valence-electron chi connectivity index (χ0n) is 9.14. The average molecular weight is 218 g/mol. The second-order valence-electron chi connectivity index (χ2n) is 4.06. The van der Waals surface area contributed by atoms with Gasteiger partial charge in [0.1, 0.15) is 5.69 Å². The van der Waals surface area contributed by atoms with Crippen molar-refractivity contribution in [2.24, 2.45) is 0 Å². The van der Waals surface area contributed by atoms with Crippen LogP contribution in [-0.4, -0.2) is 11.0 Å². The van der Waals surface area contributed by atoms with Gasteiger partial charge in [-0.1, -0.05) is 18.2 Å². The van der Waals surface area contributed by atoms with E-state index in [2.05, 4.69) is 17.5 Å². The van der Waals surface area contributed by atoms with Gasteiger partial charge in [-0.3, -0.25) is 10.1 Å². The fourth-order valence-corrected chi connectivity index (χ4v) is 1.88. The van der Waals surface area contributed by atoms with E-state index in [1.807, 2.05) is 13.0 Å². The summed E-state index contributed by atoms with van der Waals surface area (Å²) in [5.74, 6) is 0. The topological polar surface area (TPSA) is 55.2 Å². The number of nitro groups is 1. The lowest BCUT2D eigenvalue weighted by molar-refractivity contribution is -0.384. The Balaban J connectivity index is 2.23. The Hall–Kier alpha value is -1.84. The molecule has 0 bridgehead atoms. The molecule has 0 aliphatic heterocycles. The van der Waals surface area contributed by atoms with Crippen LogP contribution in [0.1, 0.15) is 18.4 Å². The molecule has 0 radical (unpaired) electrons. The third-order valence-electron chi connectivity index (χ3n) is 2.72. The van der Waals surface area contributed by atoms with Crippen LogP contribution in [0.2, 0.25) is 0 Å². The summed E-state index contributed by atoms with van der Waals surface area (Å²) < 4.78 is 0. The number of hydrogen-bond acceptors (Lipinski definition) is 3. The molecule has 0 saturated carbocycles. The highest BCUT2D eigenvalue weighted by molar-refractivity contribution is 5.63. The van der Waals surface area contributed by atoms with Crippen LogP contribution in [0.25, 0.3) is 0 Å². The van der Waals surface area contributed by atoms with Gasteiger partial charge in [0.2, 0.25) is 0 Å². The quantitative estimate of drug-likeness (QED) is 0.482. The number of nitro benzene ring substituents is 1. The van der Waals surface area contributed by atoms with Gasteiger partial charge in [0.05, 0.1) is 4.92 Å². The predicted octanol–water partition coefficient (Wildman–Crippen LogP) is 3.03. The first-order chi connectivity index (χ1) is 7.66. The Kier molecular flexibility index (Phi) is 2.90. The number of aryl methyl sites for hydroxylation is 1. The van der Waals surface area contributed by atoms with Crippen LogP contribution in [0.3, 0.4) is 0 Å². The molecule has 1 aromatic carbocycles. The van der Waals surface area contributed by atoms with Crippen LogP contribution in [-0.2, 0) is 0 Å². The van der Waals surface area contributed by atoms with Gasteiger partial charge in [-0.15, -0.1) is 0 Å². The molecule has 0 saturated heterocycles. The van der Waals surface area contributed by atoms with E-state index in [1.54, 1.807) is 12.1 Å². The maximum Gasteiger partial charge on any atom is 0.292 e. The molecule has 2 rings (SSSR count). The van der Waals surface area contributed by atoms with Gasteiger partial charge in [-0.25, -0.2) is 0 Å². The van der Waals surface area contributed by atoms with Crippen LogP contribution >= 0.6 is 0 Å². The van der Waals surface area contributed by atoms with Gasteiger partial charge < -0.3 is 5.32 Å². The van der Waals surface area contributed by atoms with E-state index in [1.165, 1.54) is 0 Å². The van der Waals surface area contributed by atoms with Gasteiger partial charge in [0.15, 0.2) is 0 Å². The van der Waals surface area contributed by atoms with Crippen molar-refractivity contribution in [1.29, 1.82) is 0 Å². The normalized spacial score (nSPS) is 15.3. The molecule has 1 N–H and O–H groups in total. The zero-order chi connectivity index (χ0) is 11.5. The van der Waals surface area contributed by atoms with Gasteiger partial charge in [0, 0.05) is 12.1 Å². The molecule has 4 nitrogen and oxygen atoms in total. The number of anilines is 1. The van der Waals surface area contributed by atoms with Crippen LogP contribution in [0, 0.1) is 17.0 Å². The van der Waals surface area contributed by atoms with Crippen LogP contribution in [0.15, 0.2) is 30.4 Å². The molecular formula is C12H14N2O2. The van der Waals surface area contributed by atoms with Gasteiger partial charge in [-0.2, -0.15) is 0 Å². The molecule has 0 amide bonds. The van der Waals surface area contributed by atoms with Crippen molar-refractivity contribution in [3.05, 3.63) is 46.0 Å². The predicted molar refractivity (Wildman–Crippen MR) is 63.6 cm³/mol. The summed E-state index contributed by atoms with van der Waals surface area (Å²) in [5, 5.41) is 14.1. The molecule has 0 heterocycles. The standard InChI is InChI=1S/C12H14N2O2/c1-9-6-7-12(14(15)16)11(8-9)13-10-4-2-3-5-10/h2-3,6-8,10,13H,4-5H2,1H3. The van der Waals surface area contributed by atoms with Crippen LogP contribution < -0.4 is 5.32 Å². The summed E-state index contributed by atoms with van der Waals surface area (Å²) in [6.45, 7) is 1.93. The highest BCUT2D eigenvalue weighted by Gasteiger charge is 2.17. The molecule has 1 aliphatic rings. The van der Waals surface area contributed by atoms with E-state index in [0.717, 1.165) is 18.4 Å². The number of nitrogens with one attached hydrogen (secondary N) is 1. The van der Waals surface area contributed by atoms with Crippen LogP contribution in [0.4, 0.5) is 11.4 Å². The maximum absolute atomic E-state index is 10.9. The first-order valence-electron chi connectivity index (χ1n) is 5.33. The van der Waals surface area contributed by atoms with E-state index in [4.69, 9.17) is 0 Å². The lowest BCUT2D eigenvalue weighted by Gasteiger charge is -2.14. The van der Waals surface area contributed by atoms with Gasteiger partial charge >= 0.3 is 0 Å². The van der Waals surface area contributed by atoms with Crippen molar-refractivity contribution in [2.75, 3.05) is 5.32 Å². The van der Waals surface area contributed by atoms with E-state index >= 15 is 0 Å². The number of nitrogens with zero attached hydrogens (tertiary/aromatic N) is 1. The summed E-state index contributed by atoms with van der Waals surface area (Å²) in [7, 11) is 0. The number of benzene rings is 1.